The van der Waals surface area contributed by atoms with E-state index in [4.69, 9.17) is 0 Å². The second-order valence-corrected chi connectivity index (χ2v) is 9.93. The molecular weight excluding hydrogens is 366 g/mol. The maximum absolute atomic E-state index is 12.8. The third-order valence-corrected chi connectivity index (χ3v) is 5.90. The predicted octanol–water partition coefficient (Wildman–Crippen LogP) is 1.06. The number of sulfonamides is 1. The smallest absolute Gasteiger partial charge is 0.243 e. The Labute approximate surface area is 162 Å². The van der Waals surface area contributed by atoms with E-state index < -0.39 is 15.6 Å². The van der Waals surface area contributed by atoms with Crippen molar-refractivity contribution in [3.05, 3.63) is 29.8 Å². The number of anilines is 1. The molecule has 1 saturated heterocycles. The van der Waals surface area contributed by atoms with Crippen LogP contribution in [0.5, 0.6) is 0 Å². The number of nitrogens with zero attached hydrogens (tertiary/aromatic N) is 3. The Balaban J connectivity index is 2.10. The summed E-state index contributed by atoms with van der Waals surface area (Å²) >= 11 is 0. The molecule has 1 unspecified atom stereocenters. The Morgan fingerprint density at radius 1 is 1.30 bits per heavy atom. The van der Waals surface area contributed by atoms with Gasteiger partial charge < -0.3 is 10.0 Å². The number of amides is 1. The second kappa shape index (κ2) is 8.16. The van der Waals surface area contributed by atoms with Gasteiger partial charge in [-0.05, 0) is 39.3 Å². The minimum Gasteiger partial charge on any atom is -0.389 e. The van der Waals surface area contributed by atoms with Crippen molar-refractivity contribution >= 4 is 21.6 Å². The van der Waals surface area contributed by atoms with E-state index in [0.29, 0.717) is 31.9 Å². The van der Waals surface area contributed by atoms with Gasteiger partial charge in [-0.25, -0.2) is 8.42 Å². The number of β-amino-alcohol motifs (C(OH)–C–C–N with tert-alkyl or cyclic N) is 1. The van der Waals surface area contributed by atoms with Crippen LogP contribution in [0.2, 0.25) is 0 Å². The molecule has 1 aromatic carbocycles. The molecule has 1 N–H and O–H groups in total. The highest BCUT2D eigenvalue weighted by Gasteiger charge is 2.31. The predicted molar refractivity (Wildman–Crippen MR) is 107 cm³/mol. The topological polar surface area (TPSA) is 81.2 Å². The Morgan fingerprint density at radius 2 is 1.93 bits per heavy atom. The van der Waals surface area contributed by atoms with Crippen LogP contribution in [0.4, 0.5) is 5.69 Å². The second-order valence-electron chi connectivity index (χ2n) is 8.03. The van der Waals surface area contributed by atoms with Crippen molar-refractivity contribution in [1.29, 1.82) is 0 Å². The first kappa shape index (κ1) is 21.7. The highest BCUT2D eigenvalue weighted by Crippen LogP contribution is 2.22. The fourth-order valence-corrected chi connectivity index (χ4v) is 4.31. The largest absolute Gasteiger partial charge is 0.389 e. The fraction of sp³-hybridized carbons (Fsp3) is 0.632. The van der Waals surface area contributed by atoms with Crippen LogP contribution < -0.4 is 4.31 Å². The zero-order valence-corrected chi connectivity index (χ0v) is 17.7. The molecule has 2 rings (SSSR count). The van der Waals surface area contributed by atoms with E-state index >= 15 is 0 Å². The van der Waals surface area contributed by atoms with Crippen LogP contribution in [0.1, 0.15) is 26.3 Å². The Bertz CT molecular complexity index is 773. The number of benzene rings is 1. The lowest BCUT2D eigenvalue weighted by Gasteiger charge is -2.42. The summed E-state index contributed by atoms with van der Waals surface area (Å²) in [6.07, 6.45) is 1.12. The summed E-state index contributed by atoms with van der Waals surface area (Å²) in [5.74, 6) is -0.210. The van der Waals surface area contributed by atoms with Crippen LogP contribution in [0.25, 0.3) is 0 Å². The first-order valence-electron chi connectivity index (χ1n) is 9.16. The normalized spacial score (nSPS) is 19.2. The van der Waals surface area contributed by atoms with Gasteiger partial charge in [0.1, 0.15) is 6.54 Å². The molecule has 1 amide bonds. The molecule has 0 aromatic heterocycles. The Kier molecular flexibility index (Phi) is 6.55. The Hall–Kier alpha value is -1.64. The lowest BCUT2D eigenvalue weighted by molar-refractivity contribution is -0.132. The molecule has 1 aliphatic rings. The van der Waals surface area contributed by atoms with Gasteiger partial charge in [0.2, 0.25) is 15.9 Å². The summed E-state index contributed by atoms with van der Waals surface area (Å²) in [4.78, 5) is 16.7. The van der Waals surface area contributed by atoms with E-state index in [9.17, 15) is 18.3 Å². The van der Waals surface area contributed by atoms with Crippen LogP contribution in [0.3, 0.4) is 0 Å². The van der Waals surface area contributed by atoms with Crippen molar-refractivity contribution in [2.75, 3.05) is 43.3 Å². The molecule has 1 fully saturated rings. The van der Waals surface area contributed by atoms with Crippen LogP contribution in [0, 0.1) is 6.92 Å². The number of carbonyl (C=O) groups is 1. The summed E-state index contributed by atoms with van der Waals surface area (Å²) in [5.41, 5.74) is 0.541. The van der Waals surface area contributed by atoms with Gasteiger partial charge in [-0.15, -0.1) is 0 Å². The fourth-order valence-electron chi connectivity index (χ4n) is 3.40. The molecule has 0 bridgehead atoms. The number of para-hydroxylation sites is 1. The van der Waals surface area contributed by atoms with Crippen LogP contribution in [0.15, 0.2) is 24.3 Å². The van der Waals surface area contributed by atoms with Crippen LogP contribution in [-0.4, -0.2) is 79.9 Å². The van der Waals surface area contributed by atoms with Gasteiger partial charge in [0, 0.05) is 32.2 Å². The zero-order chi connectivity index (χ0) is 20.4. The zero-order valence-electron chi connectivity index (χ0n) is 16.8. The van der Waals surface area contributed by atoms with Crippen molar-refractivity contribution in [3.63, 3.8) is 0 Å². The SMILES string of the molecule is Cc1ccccc1N(CC(=O)N1CCN(CC(C)(C)O)C(C)C1)S(C)(=O)=O. The molecule has 0 radical (unpaired) electrons. The molecule has 1 atom stereocenters. The van der Waals surface area contributed by atoms with E-state index in [-0.39, 0.29) is 18.5 Å². The number of carbonyl (C=O) groups excluding carboxylic acids is 1. The van der Waals surface area contributed by atoms with E-state index in [0.717, 1.165) is 11.8 Å². The maximum Gasteiger partial charge on any atom is 0.243 e. The number of hydrogen-bond donors (Lipinski definition) is 1. The molecular formula is C19H31N3O4S. The lowest BCUT2D eigenvalue weighted by Crippen LogP contribution is -2.57. The molecule has 8 heteroatoms. The third-order valence-electron chi connectivity index (χ3n) is 4.77. The molecule has 7 nitrogen and oxygen atoms in total. The third kappa shape index (κ3) is 5.92. The number of hydrogen-bond acceptors (Lipinski definition) is 5. The van der Waals surface area contributed by atoms with Crippen molar-refractivity contribution in [2.45, 2.75) is 39.3 Å². The average Bonchev–Trinajstić information content (AvgIpc) is 2.53. The first-order valence-corrected chi connectivity index (χ1v) is 11.0. The highest BCUT2D eigenvalue weighted by molar-refractivity contribution is 7.92. The lowest BCUT2D eigenvalue weighted by atomic mass is 10.1. The van der Waals surface area contributed by atoms with Crippen molar-refractivity contribution < 1.29 is 18.3 Å². The van der Waals surface area contributed by atoms with E-state index in [1.165, 1.54) is 4.31 Å². The van der Waals surface area contributed by atoms with E-state index in [1.807, 2.05) is 26.0 Å². The molecule has 1 aliphatic heterocycles. The standard InChI is InChI=1S/C19H31N3O4S/c1-15-8-6-7-9-17(15)22(27(5,25)26)13-18(23)20-10-11-21(16(2)12-20)14-19(3,4)24/h6-9,16,24H,10-14H2,1-5H3. The molecule has 27 heavy (non-hydrogen) atoms. The average molecular weight is 398 g/mol. The summed E-state index contributed by atoms with van der Waals surface area (Å²) in [6, 6.07) is 7.25. The molecule has 152 valence electrons. The maximum atomic E-state index is 12.8. The molecule has 1 heterocycles. The minimum absolute atomic E-state index is 0.0965. The number of aryl methyl sites for hydroxylation is 1. The molecule has 0 spiro atoms. The van der Waals surface area contributed by atoms with Gasteiger partial charge in [0.15, 0.2) is 0 Å². The van der Waals surface area contributed by atoms with Gasteiger partial charge in [-0.3, -0.25) is 14.0 Å². The van der Waals surface area contributed by atoms with Crippen molar-refractivity contribution in [3.8, 4) is 0 Å². The quantitative estimate of drug-likeness (QED) is 0.776. The minimum atomic E-state index is -3.58. The van der Waals surface area contributed by atoms with Gasteiger partial charge in [0.05, 0.1) is 17.5 Å². The summed E-state index contributed by atoms with van der Waals surface area (Å²) in [7, 11) is -3.58. The highest BCUT2D eigenvalue weighted by atomic mass is 32.2. The number of aliphatic hydroxyl groups is 1. The molecule has 0 aliphatic carbocycles. The van der Waals surface area contributed by atoms with E-state index in [1.54, 1.807) is 30.9 Å². The monoisotopic (exact) mass is 397 g/mol. The van der Waals surface area contributed by atoms with Gasteiger partial charge >= 0.3 is 0 Å². The summed E-state index contributed by atoms with van der Waals surface area (Å²) < 4.78 is 25.8. The van der Waals surface area contributed by atoms with E-state index in [2.05, 4.69) is 4.90 Å². The summed E-state index contributed by atoms with van der Waals surface area (Å²) in [5, 5.41) is 10.0. The van der Waals surface area contributed by atoms with Gasteiger partial charge in [-0.2, -0.15) is 0 Å². The Morgan fingerprint density at radius 3 is 2.44 bits per heavy atom. The molecule has 1 aromatic rings. The van der Waals surface area contributed by atoms with Crippen LogP contribution in [-0.2, 0) is 14.8 Å². The van der Waals surface area contributed by atoms with Crippen molar-refractivity contribution in [1.82, 2.24) is 9.80 Å². The van der Waals surface area contributed by atoms with Crippen LogP contribution >= 0.6 is 0 Å². The number of rotatable bonds is 6. The first-order chi connectivity index (χ1) is 12.4. The molecule has 0 saturated carbocycles. The summed E-state index contributed by atoms with van der Waals surface area (Å²) in [6.45, 7) is 9.39. The van der Waals surface area contributed by atoms with Crippen molar-refractivity contribution in [2.24, 2.45) is 0 Å². The van der Waals surface area contributed by atoms with Gasteiger partial charge in [-0.1, -0.05) is 18.2 Å². The number of piperazine rings is 1. The van der Waals surface area contributed by atoms with Gasteiger partial charge in [0.25, 0.3) is 0 Å².